The number of hydrogen-bond donors (Lipinski definition) is 2. The normalized spacial score (nSPS) is 11.9. The molecule has 0 aliphatic carbocycles. The maximum absolute atomic E-state index is 14.2. The lowest BCUT2D eigenvalue weighted by atomic mass is 9.99. The van der Waals surface area contributed by atoms with Gasteiger partial charge in [0.2, 0.25) is 0 Å². The Morgan fingerprint density at radius 1 is 1.02 bits per heavy atom. The van der Waals surface area contributed by atoms with Crippen LogP contribution in [0.1, 0.15) is 46.3 Å². The summed E-state index contributed by atoms with van der Waals surface area (Å²) in [6.45, 7) is 2.83. The van der Waals surface area contributed by atoms with E-state index < -0.39 is 18.0 Å². The first-order chi connectivity index (χ1) is 19.1. The van der Waals surface area contributed by atoms with E-state index in [4.69, 9.17) is 24.7 Å². The third-order valence-corrected chi connectivity index (χ3v) is 7.10. The lowest BCUT2D eigenvalue weighted by Crippen LogP contribution is -2.15. The SMILES string of the molecule is COC(=O)c1sc(Nc2cc(OCc3ccc(OC)cc3)ccc2N)cc1O[C@H](C)c1ccccc1C(C)(F)F. The molecule has 210 valence electrons. The zero-order valence-electron chi connectivity index (χ0n) is 22.5. The summed E-state index contributed by atoms with van der Waals surface area (Å²) in [7, 11) is 2.87. The van der Waals surface area contributed by atoms with Gasteiger partial charge in [0.25, 0.3) is 5.92 Å². The van der Waals surface area contributed by atoms with Gasteiger partial charge in [0.1, 0.15) is 30.0 Å². The minimum Gasteiger partial charge on any atom is -0.497 e. The molecule has 0 amide bonds. The lowest BCUT2D eigenvalue weighted by Gasteiger charge is -2.21. The number of nitrogen functional groups attached to an aromatic ring is 1. The Labute approximate surface area is 235 Å². The molecular formula is C30H30F2N2O5S. The van der Waals surface area contributed by atoms with Gasteiger partial charge in [-0.05, 0) is 36.8 Å². The molecule has 0 spiro atoms. The summed E-state index contributed by atoms with van der Waals surface area (Å²) in [6.07, 6.45) is -0.771. The van der Waals surface area contributed by atoms with E-state index in [2.05, 4.69) is 5.32 Å². The van der Waals surface area contributed by atoms with E-state index in [0.29, 0.717) is 34.3 Å². The van der Waals surface area contributed by atoms with E-state index in [-0.39, 0.29) is 16.2 Å². The second-order valence-corrected chi connectivity index (χ2v) is 10.1. The van der Waals surface area contributed by atoms with Gasteiger partial charge >= 0.3 is 5.97 Å². The van der Waals surface area contributed by atoms with E-state index in [1.807, 2.05) is 24.3 Å². The number of rotatable bonds is 11. The number of thiophene rings is 1. The van der Waals surface area contributed by atoms with Crippen molar-refractivity contribution in [1.82, 2.24) is 0 Å². The summed E-state index contributed by atoms with van der Waals surface area (Å²) in [4.78, 5) is 12.7. The van der Waals surface area contributed by atoms with Gasteiger partial charge in [0.05, 0.1) is 30.6 Å². The van der Waals surface area contributed by atoms with E-state index in [1.54, 1.807) is 56.5 Å². The number of hydrogen-bond acceptors (Lipinski definition) is 8. The van der Waals surface area contributed by atoms with E-state index in [1.165, 1.54) is 13.2 Å². The van der Waals surface area contributed by atoms with Crippen molar-refractivity contribution >= 4 is 33.7 Å². The molecular weight excluding hydrogens is 538 g/mol. The fourth-order valence-electron chi connectivity index (χ4n) is 4.02. The minimum atomic E-state index is -3.06. The van der Waals surface area contributed by atoms with Crippen molar-refractivity contribution in [3.8, 4) is 17.2 Å². The highest BCUT2D eigenvalue weighted by atomic mass is 32.1. The molecule has 0 saturated carbocycles. The molecule has 1 aromatic heterocycles. The first-order valence-electron chi connectivity index (χ1n) is 12.4. The quantitative estimate of drug-likeness (QED) is 0.141. The second kappa shape index (κ2) is 12.3. The van der Waals surface area contributed by atoms with Crippen molar-refractivity contribution in [3.63, 3.8) is 0 Å². The van der Waals surface area contributed by atoms with Crippen LogP contribution in [-0.2, 0) is 17.3 Å². The molecule has 0 unspecified atom stereocenters. The van der Waals surface area contributed by atoms with Crippen molar-refractivity contribution in [2.75, 3.05) is 25.3 Å². The fraction of sp³-hybridized carbons (Fsp3) is 0.233. The number of carbonyl (C=O) groups excluding carboxylic acids is 1. The number of carbonyl (C=O) groups is 1. The van der Waals surface area contributed by atoms with Crippen LogP contribution >= 0.6 is 11.3 Å². The number of methoxy groups -OCH3 is 2. The van der Waals surface area contributed by atoms with Crippen molar-refractivity contribution < 1.29 is 32.5 Å². The molecule has 4 rings (SSSR count). The maximum atomic E-state index is 14.2. The number of alkyl halides is 2. The smallest absolute Gasteiger partial charge is 0.351 e. The molecule has 0 fully saturated rings. The van der Waals surface area contributed by atoms with Crippen LogP contribution in [0.4, 0.5) is 25.2 Å². The van der Waals surface area contributed by atoms with Gasteiger partial charge in [0, 0.05) is 30.2 Å². The van der Waals surface area contributed by atoms with Gasteiger partial charge in [-0.1, -0.05) is 36.4 Å². The number of esters is 1. The van der Waals surface area contributed by atoms with E-state index >= 15 is 0 Å². The molecule has 0 radical (unpaired) electrons. The summed E-state index contributed by atoms with van der Waals surface area (Å²) in [5.74, 6) is -2.13. The van der Waals surface area contributed by atoms with Crippen LogP contribution in [0.3, 0.4) is 0 Å². The number of anilines is 3. The fourth-order valence-corrected chi connectivity index (χ4v) is 4.94. The van der Waals surface area contributed by atoms with E-state index in [9.17, 15) is 13.6 Å². The molecule has 3 N–H and O–H groups in total. The van der Waals surface area contributed by atoms with Crippen LogP contribution in [0, 0.1) is 0 Å². The number of nitrogens with two attached hydrogens (primary N) is 1. The van der Waals surface area contributed by atoms with Crippen LogP contribution in [0.2, 0.25) is 0 Å². The van der Waals surface area contributed by atoms with Gasteiger partial charge in [-0.25, -0.2) is 13.6 Å². The van der Waals surface area contributed by atoms with Crippen LogP contribution < -0.4 is 25.3 Å². The van der Waals surface area contributed by atoms with Crippen molar-refractivity contribution in [2.45, 2.75) is 32.5 Å². The first kappa shape index (κ1) is 28.7. The molecule has 1 atom stereocenters. The van der Waals surface area contributed by atoms with Crippen LogP contribution in [-0.4, -0.2) is 20.2 Å². The molecule has 7 nitrogen and oxygen atoms in total. The molecule has 40 heavy (non-hydrogen) atoms. The third-order valence-electron chi connectivity index (χ3n) is 6.09. The molecule has 4 aromatic rings. The molecule has 0 aliphatic heterocycles. The Kier molecular flexibility index (Phi) is 8.79. The largest absolute Gasteiger partial charge is 0.497 e. The average Bonchev–Trinajstić information content (AvgIpc) is 3.34. The second-order valence-electron chi connectivity index (χ2n) is 9.04. The maximum Gasteiger partial charge on any atom is 0.351 e. The van der Waals surface area contributed by atoms with Gasteiger partial charge in [-0.2, -0.15) is 0 Å². The van der Waals surface area contributed by atoms with Crippen LogP contribution in [0.15, 0.2) is 72.8 Å². The first-order valence-corrected chi connectivity index (χ1v) is 13.2. The highest BCUT2D eigenvalue weighted by Crippen LogP contribution is 2.41. The highest BCUT2D eigenvalue weighted by molar-refractivity contribution is 7.18. The zero-order valence-corrected chi connectivity index (χ0v) is 23.3. The topological polar surface area (TPSA) is 92.0 Å². The number of ether oxygens (including phenoxy) is 4. The molecule has 0 saturated heterocycles. The Bertz CT molecular complexity index is 1470. The zero-order chi connectivity index (χ0) is 28.9. The van der Waals surface area contributed by atoms with E-state index in [0.717, 1.165) is 29.6 Å². The van der Waals surface area contributed by atoms with Gasteiger partial charge in [-0.3, -0.25) is 0 Å². The molecule has 0 aliphatic rings. The molecule has 3 aromatic carbocycles. The number of nitrogens with one attached hydrogen (secondary N) is 1. The molecule has 1 heterocycles. The molecule has 0 bridgehead atoms. The molecule has 10 heteroatoms. The standard InChI is InChI=1S/C30H30F2N2O5S/c1-18(22-7-5-6-8-23(22)30(2,31)32)39-26-16-27(40-28(26)29(35)37-4)34-25-15-21(13-14-24(25)33)38-17-19-9-11-20(36-3)12-10-19/h5-16,18,34H,17,33H2,1-4H3/t18-/m1/s1. The predicted molar refractivity (Wildman–Crippen MR) is 152 cm³/mol. The van der Waals surface area contributed by atoms with Crippen LogP contribution in [0.25, 0.3) is 0 Å². The highest BCUT2D eigenvalue weighted by Gasteiger charge is 2.30. The van der Waals surface area contributed by atoms with Crippen LogP contribution in [0.5, 0.6) is 17.2 Å². The van der Waals surface area contributed by atoms with Gasteiger partial charge in [0.15, 0.2) is 4.88 Å². The average molecular weight is 569 g/mol. The number of benzene rings is 3. The van der Waals surface area contributed by atoms with Crippen molar-refractivity contribution in [2.24, 2.45) is 0 Å². The Balaban J connectivity index is 1.54. The van der Waals surface area contributed by atoms with Gasteiger partial charge in [-0.15, -0.1) is 11.3 Å². The Morgan fingerprint density at radius 2 is 1.73 bits per heavy atom. The van der Waals surface area contributed by atoms with Crippen molar-refractivity contribution in [1.29, 1.82) is 0 Å². The monoisotopic (exact) mass is 568 g/mol. The Morgan fingerprint density at radius 3 is 2.40 bits per heavy atom. The Hall–Kier alpha value is -4.31. The lowest BCUT2D eigenvalue weighted by molar-refractivity contribution is 0.0145. The van der Waals surface area contributed by atoms with Gasteiger partial charge < -0.3 is 30.0 Å². The third kappa shape index (κ3) is 6.81. The number of halogens is 2. The summed E-state index contributed by atoms with van der Waals surface area (Å²) in [5.41, 5.74) is 8.35. The summed E-state index contributed by atoms with van der Waals surface area (Å²) in [6, 6.07) is 20.5. The summed E-state index contributed by atoms with van der Waals surface area (Å²) in [5, 5.41) is 3.74. The summed E-state index contributed by atoms with van der Waals surface area (Å²) < 4.78 is 50.5. The minimum absolute atomic E-state index is 0.144. The summed E-state index contributed by atoms with van der Waals surface area (Å²) >= 11 is 1.10. The predicted octanol–water partition coefficient (Wildman–Crippen LogP) is 7.70. The van der Waals surface area contributed by atoms with Crippen molar-refractivity contribution in [3.05, 3.63) is 94.4 Å².